The number of carbonyl (C=O) groups is 2. The Kier molecular flexibility index (Phi) is 10.0. The number of fused-ring (bicyclic) bond motifs is 8. The monoisotopic (exact) mass is 682 g/mol. The summed E-state index contributed by atoms with van der Waals surface area (Å²) in [5.74, 6) is -0.380. The highest BCUT2D eigenvalue weighted by molar-refractivity contribution is 5.98. The number of aryl methyl sites for hydroxylation is 5. The number of hydrogen-bond donors (Lipinski definition) is 3. The summed E-state index contributed by atoms with van der Waals surface area (Å²) in [5, 5.41) is 3.08. The third-order valence-corrected chi connectivity index (χ3v) is 10.1. The molecule has 0 spiro atoms. The molecule has 4 aromatic rings. The van der Waals surface area contributed by atoms with Crippen LogP contribution in [-0.2, 0) is 22.7 Å². The zero-order valence-electron chi connectivity index (χ0n) is 30.2. The molecule has 8 bridgehead atoms. The van der Waals surface area contributed by atoms with Crippen LogP contribution >= 0.6 is 0 Å². The molecule has 0 aliphatic carbocycles. The van der Waals surface area contributed by atoms with Crippen molar-refractivity contribution < 1.29 is 9.59 Å². The van der Waals surface area contributed by atoms with Crippen molar-refractivity contribution in [2.24, 2.45) is 5.73 Å². The second-order valence-electron chi connectivity index (χ2n) is 13.3. The van der Waals surface area contributed by atoms with Gasteiger partial charge in [0.1, 0.15) is 0 Å². The van der Waals surface area contributed by atoms with E-state index in [1.54, 1.807) is 12.5 Å². The van der Waals surface area contributed by atoms with E-state index in [4.69, 9.17) is 15.7 Å². The molecule has 2 aliphatic rings. The predicted molar refractivity (Wildman–Crippen MR) is 207 cm³/mol. The van der Waals surface area contributed by atoms with Crippen LogP contribution in [0.3, 0.4) is 0 Å². The van der Waals surface area contributed by atoms with Gasteiger partial charge in [0.15, 0.2) is 0 Å². The Morgan fingerprint density at radius 2 is 1.53 bits per heavy atom. The topological polar surface area (TPSA) is 137 Å². The highest BCUT2D eigenvalue weighted by Gasteiger charge is 2.21. The Hall–Kier alpha value is -5.77. The van der Waals surface area contributed by atoms with Gasteiger partial charge in [-0.05, 0) is 105 Å². The van der Waals surface area contributed by atoms with Gasteiger partial charge in [-0.25, -0.2) is 15.0 Å². The molecule has 6 heterocycles. The third kappa shape index (κ3) is 6.99. The summed E-state index contributed by atoms with van der Waals surface area (Å²) < 4.78 is 4.15. The fourth-order valence-corrected chi connectivity index (χ4v) is 7.01. The highest BCUT2D eigenvalue weighted by Crippen LogP contribution is 2.37. The molecule has 4 N–H and O–H groups in total. The first-order chi connectivity index (χ1) is 24.5. The lowest BCUT2D eigenvalue weighted by atomic mass is 10.0. The Balaban J connectivity index is 1.53. The lowest BCUT2D eigenvalue weighted by Crippen LogP contribution is -2.24. The average Bonchev–Trinajstić information content (AvgIpc) is 3.89. The van der Waals surface area contributed by atoms with Crippen molar-refractivity contribution in [2.45, 2.75) is 73.4 Å². The summed E-state index contributed by atoms with van der Waals surface area (Å²) in [6.07, 6.45) is 11.0. The van der Waals surface area contributed by atoms with E-state index >= 15 is 0 Å². The molecule has 0 atom stereocenters. The molecular weight excluding hydrogens is 637 g/mol. The molecule has 0 radical (unpaired) electrons. The van der Waals surface area contributed by atoms with E-state index in [2.05, 4.69) is 91.9 Å². The SMILES string of the molecule is C=CC1=C(C)c2cc3c(C)c(C)c(cc4nc(cc5[nH]c(cc1n2)c(C)c5C=C)C(C)=C4CCC(=O)NCCCn1ccnc1)n3CCC(N)=O. The fourth-order valence-electron chi connectivity index (χ4n) is 7.01. The number of hydrogen-bond acceptors (Lipinski definition) is 5. The second kappa shape index (κ2) is 14.6. The molecule has 51 heavy (non-hydrogen) atoms. The Bertz CT molecular complexity index is 2300. The highest BCUT2D eigenvalue weighted by atomic mass is 16.1. The Labute approximate surface area is 298 Å². The lowest BCUT2D eigenvalue weighted by Gasteiger charge is -2.09. The first kappa shape index (κ1) is 35.1. The van der Waals surface area contributed by atoms with Gasteiger partial charge in [-0.2, -0.15) is 0 Å². The van der Waals surface area contributed by atoms with E-state index in [1.807, 2.05) is 22.9 Å². The van der Waals surface area contributed by atoms with Crippen molar-refractivity contribution in [3.05, 3.63) is 107 Å². The van der Waals surface area contributed by atoms with Crippen LogP contribution in [0.15, 0.2) is 62.2 Å². The first-order valence-corrected chi connectivity index (χ1v) is 17.4. The normalized spacial score (nSPS) is 12.8. The van der Waals surface area contributed by atoms with Crippen molar-refractivity contribution in [1.82, 2.24) is 34.4 Å². The molecule has 262 valence electrons. The average molecular weight is 683 g/mol. The van der Waals surface area contributed by atoms with Gasteiger partial charge < -0.3 is 25.2 Å². The summed E-state index contributed by atoms with van der Waals surface area (Å²) >= 11 is 0. The maximum Gasteiger partial charge on any atom is 0.220 e. The van der Waals surface area contributed by atoms with E-state index < -0.39 is 0 Å². The van der Waals surface area contributed by atoms with Gasteiger partial charge in [-0.15, -0.1) is 0 Å². The van der Waals surface area contributed by atoms with E-state index in [-0.39, 0.29) is 18.2 Å². The van der Waals surface area contributed by atoms with Crippen LogP contribution in [0.5, 0.6) is 0 Å². The predicted octanol–water partition coefficient (Wildman–Crippen LogP) is 7.46. The third-order valence-electron chi connectivity index (χ3n) is 10.1. The summed E-state index contributed by atoms with van der Waals surface area (Å²) in [7, 11) is 0. The number of allylic oxidation sites excluding steroid dienone is 5. The molecule has 0 fully saturated rings. The van der Waals surface area contributed by atoms with Gasteiger partial charge in [0.25, 0.3) is 0 Å². The number of rotatable bonds is 12. The van der Waals surface area contributed by atoms with E-state index in [1.165, 1.54) is 0 Å². The molecule has 10 heteroatoms. The number of aromatic amines is 1. The van der Waals surface area contributed by atoms with Gasteiger partial charge in [-0.1, -0.05) is 25.3 Å². The standard InChI is InChI=1S/C41H46N8O2/c1-8-29-26(5)32-19-36-30(9-2)27(6)34(47-36)21-38-24(3)25(4)39(49(38)17-13-40(42)50)22-37-31(28(7)33(46-37)20-35(29)45-32)11-12-41(51)44-14-10-16-48-18-15-43-23-48/h8-9,15,18-23,45H,1-2,10-14,16-17H2,3-7H3,(H2,42,50)(H,44,51). The maximum atomic E-state index is 13.1. The van der Waals surface area contributed by atoms with E-state index in [0.29, 0.717) is 25.9 Å². The van der Waals surface area contributed by atoms with Gasteiger partial charge in [0, 0.05) is 78.1 Å². The minimum Gasteiger partial charge on any atom is -0.370 e. The van der Waals surface area contributed by atoms with Gasteiger partial charge in [0.2, 0.25) is 11.8 Å². The molecule has 0 unspecified atom stereocenters. The number of primary amides is 1. The molecule has 4 aromatic heterocycles. The summed E-state index contributed by atoms with van der Waals surface area (Å²) in [6.45, 7) is 20.4. The van der Waals surface area contributed by atoms with Crippen LogP contribution in [0, 0.1) is 20.8 Å². The molecule has 2 aliphatic heterocycles. The molecule has 0 saturated heterocycles. The number of H-pyrrole nitrogens is 1. The minimum atomic E-state index is -0.375. The molecular formula is C41H46N8O2. The first-order valence-electron chi connectivity index (χ1n) is 17.4. The number of nitrogens with zero attached hydrogens (tertiary/aromatic N) is 5. The smallest absolute Gasteiger partial charge is 0.220 e. The molecule has 2 amide bonds. The number of imidazole rings is 1. The summed E-state index contributed by atoms with van der Waals surface area (Å²) in [4.78, 5) is 43.1. The molecule has 6 rings (SSSR count). The number of aromatic nitrogens is 6. The van der Waals surface area contributed by atoms with Gasteiger partial charge >= 0.3 is 0 Å². The van der Waals surface area contributed by atoms with Crippen LogP contribution in [0.2, 0.25) is 0 Å². The van der Waals surface area contributed by atoms with Crippen LogP contribution < -0.4 is 11.1 Å². The summed E-state index contributed by atoms with van der Waals surface area (Å²) in [5.41, 5.74) is 20.8. The quantitative estimate of drug-likeness (QED) is 0.133. The zero-order valence-corrected chi connectivity index (χ0v) is 30.2. The van der Waals surface area contributed by atoms with Crippen LogP contribution in [0.25, 0.3) is 50.4 Å². The number of amides is 2. The number of nitrogens with one attached hydrogen (secondary N) is 2. The van der Waals surface area contributed by atoms with Crippen LogP contribution in [-0.4, -0.2) is 47.4 Å². The fraction of sp³-hybridized carbons (Fsp3) is 0.293. The Morgan fingerprint density at radius 3 is 2.20 bits per heavy atom. The van der Waals surface area contributed by atoms with Crippen molar-refractivity contribution in [2.75, 3.05) is 6.54 Å². The maximum absolute atomic E-state index is 13.1. The molecule has 0 saturated carbocycles. The van der Waals surface area contributed by atoms with Gasteiger partial charge in [-0.3, -0.25) is 9.59 Å². The van der Waals surface area contributed by atoms with Crippen molar-refractivity contribution in [1.29, 1.82) is 0 Å². The number of carbonyl (C=O) groups excluding carboxylic acids is 2. The largest absolute Gasteiger partial charge is 0.370 e. The zero-order chi connectivity index (χ0) is 36.4. The van der Waals surface area contributed by atoms with Crippen molar-refractivity contribution in [3.8, 4) is 0 Å². The van der Waals surface area contributed by atoms with E-state index in [9.17, 15) is 9.59 Å². The van der Waals surface area contributed by atoms with Crippen molar-refractivity contribution in [3.63, 3.8) is 0 Å². The summed E-state index contributed by atoms with van der Waals surface area (Å²) in [6, 6.07) is 8.31. The second-order valence-corrected chi connectivity index (χ2v) is 13.3. The van der Waals surface area contributed by atoms with Crippen LogP contribution in [0.1, 0.15) is 84.6 Å². The van der Waals surface area contributed by atoms with Crippen molar-refractivity contribution >= 4 is 62.2 Å². The Morgan fingerprint density at radius 1 is 0.843 bits per heavy atom. The van der Waals surface area contributed by atoms with Crippen LogP contribution in [0.4, 0.5) is 0 Å². The molecule has 10 nitrogen and oxygen atoms in total. The minimum absolute atomic E-state index is 0.00499. The molecule has 0 aromatic carbocycles. The van der Waals surface area contributed by atoms with Gasteiger partial charge in [0.05, 0.1) is 29.1 Å². The van der Waals surface area contributed by atoms with E-state index in [0.717, 1.165) is 102 Å². The number of nitrogens with two attached hydrogens (primary N) is 1. The lowest BCUT2D eigenvalue weighted by molar-refractivity contribution is -0.121.